The third kappa shape index (κ3) is 3.90. The monoisotopic (exact) mass is 383 g/mol. The van der Waals surface area contributed by atoms with Gasteiger partial charge in [-0.25, -0.2) is 0 Å². The lowest BCUT2D eigenvalue weighted by Gasteiger charge is -2.24. The van der Waals surface area contributed by atoms with Crippen molar-refractivity contribution in [3.8, 4) is 5.75 Å². The Morgan fingerprint density at radius 2 is 2.07 bits per heavy atom. The van der Waals surface area contributed by atoms with E-state index in [4.69, 9.17) is 9.26 Å². The van der Waals surface area contributed by atoms with Gasteiger partial charge in [-0.1, -0.05) is 5.16 Å². The average Bonchev–Trinajstić information content (AvgIpc) is 3.24. The summed E-state index contributed by atoms with van der Waals surface area (Å²) in [7, 11) is 3.65. The second-order valence-electron chi connectivity index (χ2n) is 6.90. The summed E-state index contributed by atoms with van der Waals surface area (Å²) in [6, 6.07) is 5.16. The van der Waals surface area contributed by atoms with E-state index in [0.29, 0.717) is 11.5 Å². The molecule has 0 saturated heterocycles. The molecule has 1 atom stereocenters. The van der Waals surface area contributed by atoms with Gasteiger partial charge >= 0.3 is 0 Å². The summed E-state index contributed by atoms with van der Waals surface area (Å²) in [4.78, 5) is 18.7. The molecule has 0 bridgehead atoms. The van der Waals surface area contributed by atoms with Crippen molar-refractivity contribution in [2.24, 2.45) is 7.05 Å². The number of hydrogen-bond acceptors (Lipinski definition) is 6. The number of carbonyl (C=O) groups is 1. The molecule has 0 aromatic carbocycles. The van der Waals surface area contributed by atoms with E-state index >= 15 is 0 Å². The second kappa shape index (κ2) is 7.84. The minimum absolute atomic E-state index is 0.142. The number of rotatable bonds is 6. The van der Waals surface area contributed by atoms with Gasteiger partial charge < -0.3 is 14.2 Å². The first-order chi connectivity index (χ1) is 13.3. The Bertz CT molecular complexity index is 974. The van der Waals surface area contributed by atoms with Crippen molar-refractivity contribution in [3.63, 3.8) is 0 Å². The minimum atomic E-state index is -0.220. The van der Waals surface area contributed by atoms with Crippen LogP contribution < -0.4 is 4.74 Å². The first-order valence-electron chi connectivity index (χ1n) is 9.06. The van der Waals surface area contributed by atoms with Crippen LogP contribution in [0.1, 0.15) is 51.9 Å². The van der Waals surface area contributed by atoms with Crippen LogP contribution in [0.4, 0.5) is 0 Å². The van der Waals surface area contributed by atoms with Crippen molar-refractivity contribution in [3.05, 3.63) is 58.5 Å². The maximum atomic E-state index is 12.8. The highest BCUT2D eigenvalue weighted by Gasteiger charge is 2.26. The molecule has 0 N–H and O–H groups in total. The lowest BCUT2D eigenvalue weighted by atomic mass is 10.0. The predicted molar refractivity (Wildman–Crippen MR) is 103 cm³/mol. The van der Waals surface area contributed by atoms with E-state index in [2.05, 4.69) is 15.2 Å². The number of carbonyl (C=O) groups excluding carboxylic acids is 1. The molecule has 28 heavy (non-hydrogen) atoms. The third-order valence-electron chi connectivity index (χ3n) is 4.93. The van der Waals surface area contributed by atoms with E-state index in [1.165, 1.54) is 0 Å². The SMILES string of the molecule is Cc1ccc(OCc2cc(C(=O)N(C)C(C)c3c(C)nn(C)c3C)no2)cn1. The Hall–Kier alpha value is -3.16. The van der Waals surface area contributed by atoms with Crippen LogP contribution in [0.25, 0.3) is 0 Å². The topological polar surface area (TPSA) is 86.3 Å². The largest absolute Gasteiger partial charge is 0.484 e. The molecule has 0 aliphatic carbocycles. The van der Waals surface area contributed by atoms with Crippen LogP contribution in [0.2, 0.25) is 0 Å². The number of hydrogen-bond donors (Lipinski definition) is 0. The van der Waals surface area contributed by atoms with Crippen molar-refractivity contribution >= 4 is 5.91 Å². The van der Waals surface area contributed by atoms with E-state index in [-0.39, 0.29) is 24.2 Å². The number of amides is 1. The molecule has 1 amide bonds. The molecular weight excluding hydrogens is 358 g/mol. The van der Waals surface area contributed by atoms with Gasteiger partial charge in [-0.2, -0.15) is 5.10 Å². The predicted octanol–water partition coefficient (Wildman–Crippen LogP) is 3.14. The molecule has 0 radical (unpaired) electrons. The molecule has 148 valence electrons. The molecule has 8 heteroatoms. The smallest absolute Gasteiger partial charge is 0.276 e. The number of nitrogens with zero attached hydrogens (tertiary/aromatic N) is 5. The lowest BCUT2D eigenvalue weighted by Crippen LogP contribution is -2.30. The van der Waals surface area contributed by atoms with Crippen molar-refractivity contribution in [1.29, 1.82) is 0 Å². The fourth-order valence-electron chi connectivity index (χ4n) is 3.12. The Morgan fingerprint density at radius 3 is 2.68 bits per heavy atom. The van der Waals surface area contributed by atoms with E-state index in [0.717, 1.165) is 22.6 Å². The molecule has 0 saturated carbocycles. The van der Waals surface area contributed by atoms with E-state index in [9.17, 15) is 4.79 Å². The fraction of sp³-hybridized carbons (Fsp3) is 0.400. The summed E-state index contributed by atoms with van der Waals surface area (Å²) >= 11 is 0. The zero-order chi connectivity index (χ0) is 20.4. The normalized spacial score (nSPS) is 12.1. The molecule has 0 aliphatic rings. The highest BCUT2D eigenvalue weighted by Crippen LogP contribution is 2.26. The van der Waals surface area contributed by atoms with Gasteiger partial charge in [-0.15, -0.1) is 0 Å². The van der Waals surface area contributed by atoms with Crippen molar-refractivity contribution in [2.45, 2.75) is 40.3 Å². The fourth-order valence-corrected chi connectivity index (χ4v) is 3.12. The highest BCUT2D eigenvalue weighted by molar-refractivity contribution is 5.92. The van der Waals surface area contributed by atoms with Crippen LogP contribution in [-0.2, 0) is 13.7 Å². The van der Waals surface area contributed by atoms with E-state index in [1.807, 2.05) is 51.6 Å². The van der Waals surface area contributed by atoms with Gasteiger partial charge in [0.05, 0.1) is 17.9 Å². The van der Waals surface area contributed by atoms with Crippen LogP contribution in [-0.4, -0.2) is 37.8 Å². The van der Waals surface area contributed by atoms with Gasteiger partial charge in [0.25, 0.3) is 5.91 Å². The summed E-state index contributed by atoms with van der Waals surface area (Å²) in [6.45, 7) is 8.00. The Labute approximate surface area is 164 Å². The molecule has 0 spiro atoms. The molecule has 0 fully saturated rings. The standard InChI is InChI=1S/C20H25N5O3/c1-12-7-8-16(10-21-12)27-11-17-9-18(23-28-17)20(26)24(5)14(3)19-13(2)22-25(6)15(19)4/h7-10,14H,11H2,1-6H3. The Balaban J connectivity index is 1.68. The lowest BCUT2D eigenvalue weighted by molar-refractivity contribution is 0.0731. The Kier molecular flexibility index (Phi) is 5.48. The first-order valence-corrected chi connectivity index (χ1v) is 9.06. The molecule has 8 nitrogen and oxygen atoms in total. The van der Waals surface area contributed by atoms with Crippen LogP contribution in [0.15, 0.2) is 28.9 Å². The molecule has 3 heterocycles. The quantitative estimate of drug-likeness (QED) is 0.650. The molecular formula is C20H25N5O3. The van der Waals surface area contributed by atoms with Gasteiger partial charge in [-0.05, 0) is 39.8 Å². The third-order valence-corrected chi connectivity index (χ3v) is 4.93. The van der Waals surface area contributed by atoms with Crippen LogP contribution in [0, 0.1) is 20.8 Å². The molecule has 3 aromatic heterocycles. The number of aromatic nitrogens is 4. The van der Waals surface area contributed by atoms with Crippen LogP contribution in [0.5, 0.6) is 5.75 Å². The average molecular weight is 383 g/mol. The molecule has 0 aliphatic heterocycles. The van der Waals surface area contributed by atoms with Crippen molar-refractivity contribution in [2.75, 3.05) is 7.05 Å². The maximum Gasteiger partial charge on any atom is 0.276 e. The summed E-state index contributed by atoms with van der Waals surface area (Å²) in [5.74, 6) is 0.879. The number of aryl methyl sites for hydroxylation is 3. The van der Waals surface area contributed by atoms with Gasteiger partial charge in [-0.3, -0.25) is 14.5 Å². The summed E-state index contributed by atoms with van der Waals surface area (Å²) in [6.07, 6.45) is 1.64. The van der Waals surface area contributed by atoms with Gasteiger partial charge in [0.15, 0.2) is 11.5 Å². The minimum Gasteiger partial charge on any atom is -0.484 e. The van der Waals surface area contributed by atoms with Gasteiger partial charge in [0, 0.05) is 37.1 Å². The zero-order valence-corrected chi connectivity index (χ0v) is 17.1. The van der Waals surface area contributed by atoms with Gasteiger partial charge in [0.1, 0.15) is 12.4 Å². The van der Waals surface area contributed by atoms with Gasteiger partial charge in [0.2, 0.25) is 0 Å². The number of ether oxygens (including phenoxy) is 1. The van der Waals surface area contributed by atoms with Crippen molar-refractivity contribution in [1.82, 2.24) is 24.8 Å². The summed E-state index contributed by atoms with van der Waals surface area (Å²) < 4.78 is 12.7. The molecule has 3 rings (SSSR count). The van der Waals surface area contributed by atoms with Crippen LogP contribution in [0.3, 0.4) is 0 Å². The Morgan fingerprint density at radius 1 is 1.32 bits per heavy atom. The van der Waals surface area contributed by atoms with Crippen LogP contribution >= 0.6 is 0 Å². The number of pyridine rings is 1. The highest BCUT2D eigenvalue weighted by atomic mass is 16.5. The summed E-state index contributed by atoms with van der Waals surface area (Å²) in [5.41, 5.74) is 4.14. The van der Waals surface area contributed by atoms with E-state index in [1.54, 1.807) is 24.2 Å². The zero-order valence-electron chi connectivity index (χ0n) is 17.1. The first kappa shape index (κ1) is 19.6. The summed E-state index contributed by atoms with van der Waals surface area (Å²) in [5, 5.41) is 8.34. The molecule has 3 aromatic rings. The van der Waals surface area contributed by atoms with Crippen molar-refractivity contribution < 1.29 is 14.1 Å². The van der Waals surface area contributed by atoms with E-state index < -0.39 is 0 Å². The second-order valence-corrected chi connectivity index (χ2v) is 6.90. The maximum absolute atomic E-state index is 12.8. The molecule has 1 unspecified atom stereocenters.